The van der Waals surface area contributed by atoms with Crippen LogP contribution >= 0.6 is 11.3 Å². The van der Waals surface area contributed by atoms with Crippen LogP contribution in [0.2, 0.25) is 0 Å². The molecule has 1 aliphatic rings. The predicted octanol–water partition coefficient (Wildman–Crippen LogP) is 2.37. The highest BCUT2D eigenvalue weighted by Crippen LogP contribution is 2.32. The lowest BCUT2D eigenvalue weighted by Gasteiger charge is -2.16. The summed E-state index contributed by atoms with van der Waals surface area (Å²) in [4.78, 5) is 38.1. The zero-order chi connectivity index (χ0) is 19.4. The van der Waals surface area contributed by atoms with Gasteiger partial charge in [-0.25, -0.2) is 0 Å². The molecule has 3 N–H and O–H groups in total. The number of nitrogens with one attached hydrogen (secondary N) is 3. The Kier molecular flexibility index (Phi) is 5.91. The number of hydrazine groups is 1. The summed E-state index contributed by atoms with van der Waals surface area (Å²) in [5.74, 6) is -0.505. The van der Waals surface area contributed by atoms with Gasteiger partial charge >= 0.3 is 0 Å². The van der Waals surface area contributed by atoms with Crippen LogP contribution in [0.3, 0.4) is 0 Å². The molecular weight excluding hydrogens is 362 g/mol. The van der Waals surface area contributed by atoms with Gasteiger partial charge in [0.2, 0.25) is 0 Å². The highest BCUT2D eigenvalue weighted by atomic mass is 32.1. The Morgan fingerprint density at radius 2 is 1.93 bits per heavy atom. The smallest absolute Gasteiger partial charge is 0.279 e. The first-order valence-electron chi connectivity index (χ1n) is 8.98. The Morgan fingerprint density at radius 1 is 1.15 bits per heavy atom. The highest BCUT2D eigenvalue weighted by Gasteiger charge is 2.21. The zero-order valence-electron chi connectivity index (χ0n) is 15.4. The zero-order valence-corrected chi connectivity index (χ0v) is 16.2. The van der Waals surface area contributed by atoms with E-state index in [-0.39, 0.29) is 18.4 Å². The molecule has 0 saturated heterocycles. The molecule has 0 saturated carbocycles. The number of hydrogen-bond donors (Lipinski definition) is 3. The molecule has 3 amide bonds. The predicted molar refractivity (Wildman–Crippen MR) is 105 cm³/mol. The molecule has 0 fully saturated rings. The number of rotatable bonds is 4. The first kappa shape index (κ1) is 19.1. The topological polar surface area (TPSA) is 87.3 Å². The van der Waals surface area contributed by atoms with Crippen LogP contribution in [0.1, 0.15) is 49.4 Å². The van der Waals surface area contributed by atoms with Gasteiger partial charge in [-0.15, -0.1) is 11.3 Å². The van der Waals surface area contributed by atoms with Gasteiger partial charge in [0.15, 0.2) is 0 Å². The fourth-order valence-electron chi connectivity index (χ4n) is 3.13. The molecule has 1 heterocycles. The Bertz CT molecular complexity index is 875. The quantitative estimate of drug-likeness (QED) is 0.706. The second-order valence-electron chi connectivity index (χ2n) is 6.91. The molecule has 0 bridgehead atoms. The molecule has 1 atom stereocenters. The molecule has 3 rings (SSSR count). The molecule has 7 heteroatoms. The van der Waals surface area contributed by atoms with E-state index < -0.39 is 5.91 Å². The van der Waals surface area contributed by atoms with Crippen molar-refractivity contribution in [3.05, 3.63) is 56.8 Å². The number of aryl methyl sites for hydroxylation is 2. The maximum atomic E-state index is 12.2. The SMILES string of the molecule is Cc1ccccc1C(=O)NCC(=O)NNC(=O)c1cc2c(s1)CCC(C)C2. The summed E-state index contributed by atoms with van der Waals surface area (Å²) in [6.07, 6.45) is 3.15. The van der Waals surface area contributed by atoms with Crippen molar-refractivity contribution in [2.24, 2.45) is 5.92 Å². The van der Waals surface area contributed by atoms with E-state index in [1.54, 1.807) is 12.1 Å². The average molecular weight is 385 g/mol. The summed E-state index contributed by atoms with van der Waals surface area (Å²) in [6.45, 7) is 3.83. The van der Waals surface area contributed by atoms with Gasteiger partial charge in [-0.3, -0.25) is 25.2 Å². The number of thiophene rings is 1. The summed E-state index contributed by atoms with van der Waals surface area (Å²) in [5.41, 5.74) is 7.35. The van der Waals surface area contributed by atoms with E-state index in [4.69, 9.17) is 0 Å². The summed E-state index contributed by atoms with van der Waals surface area (Å²) in [5, 5.41) is 2.55. The van der Waals surface area contributed by atoms with Crippen molar-refractivity contribution in [3.63, 3.8) is 0 Å². The van der Waals surface area contributed by atoms with Gasteiger partial charge in [-0.2, -0.15) is 0 Å². The Balaban J connectivity index is 1.47. The Hall–Kier alpha value is -2.67. The summed E-state index contributed by atoms with van der Waals surface area (Å²) >= 11 is 1.48. The van der Waals surface area contributed by atoms with Crippen molar-refractivity contribution in [2.75, 3.05) is 6.54 Å². The minimum atomic E-state index is -0.486. The Labute approximate surface area is 162 Å². The average Bonchev–Trinajstić information content (AvgIpc) is 3.07. The van der Waals surface area contributed by atoms with Crippen molar-refractivity contribution in [2.45, 2.75) is 33.1 Å². The monoisotopic (exact) mass is 385 g/mol. The van der Waals surface area contributed by atoms with E-state index in [1.807, 2.05) is 25.1 Å². The molecule has 142 valence electrons. The molecular formula is C20H23N3O3S. The highest BCUT2D eigenvalue weighted by molar-refractivity contribution is 7.14. The third kappa shape index (κ3) is 4.74. The van der Waals surface area contributed by atoms with Crippen molar-refractivity contribution in [3.8, 4) is 0 Å². The van der Waals surface area contributed by atoms with E-state index in [0.29, 0.717) is 16.4 Å². The fourth-order valence-corrected chi connectivity index (χ4v) is 4.24. The lowest BCUT2D eigenvalue weighted by molar-refractivity contribution is -0.120. The maximum absolute atomic E-state index is 12.2. The van der Waals surface area contributed by atoms with Crippen molar-refractivity contribution in [1.29, 1.82) is 0 Å². The van der Waals surface area contributed by atoms with E-state index >= 15 is 0 Å². The summed E-state index contributed by atoms with van der Waals surface area (Å²) < 4.78 is 0. The normalized spacial score (nSPS) is 15.6. The van der Waals surface area contributed by atoms with Crippen LogP contribution in [0.5, 0.6) is 0 Å². The number of hydrogen-bond acceptors (Lipinski definition) is 4. The summed E-state index contributed by atoms with van der Waals surface area (Å²) in [7, 11) is 0. The third-order valence-corrected chi connectivity index (χ3v) is 5.90. The number of amides is 3. The number of carbonyl (C=O) groups is 3. The maximum Gasteiger partial charge on any atom is 0.279 e. The van der Waals surface area contributed by atoms with Crippen LogP contribution in [0.25, 0.3) is 0 Å². The van der Waals surface area contributed by atoms with Gasteiger partial charge in [0.1, 0.15) is 0 Å². The minimum absolute atomic E-state index is 0.216. The van der Waals surface area contributed by atoms with Crippen LogP contribution in [-0.4, -0.2) is 24.3 Å². The minimum Gasteiger partial charge on any atom is -0.343 e. The molecule has 6 nitrogen and oxygen atoms in total. The molecule has 0 radical (unpaired) electrons. The molecule has 1 aliphatic carbocycles. The second-order valence-corrected chi connectivity index (χ2v) is 8.04. The van der Waals surface area contributed by atoms with E-state index in [1.165, 1.54) is 21.8 Å². The van der Waals surface area contributed by atoms with Crippen LogP contribution in [-0.2, 0) is 17.6 Å². The fraction of sp³-hybridized carbons (Fsp3) is 0.350. The van der Waals surface area contributed by atoms with Crippen molar-refractivity contribution in [1.82, 2.24) is 16.2 Å². The second kappa shape index (κ2) is 8.35. The van der Waals surface area contributed by atoms with Crippen molar-refractivity contribution < 1.29 is 14.4 Å². The summed E-state index contributed by atoms with van der Waals surface area (Å²) in [6, 6.07) is 9.05. The van der Waals surface area contributed by atoms with Gasteiger partial charge in [-0.1, -0.05) is 25.1 Å². The lowest BCUT2D eigenvalue weighted by atomic mass is 9.90. The first-order chi connectivity index (χ1) is 12.9. The molecule has 1 aromatic carbocycles. The molecule has 27 heavy (non-hydrogen) atoms. The van der Waals surface area contributed by atoms with Gasteiger partial charge in [0.25, 0.3) is 17.7 Å². The van der Waals surface area contributed by atoms with Crippen LogP contribution < -0.4 is 16.2 Å². The van der Waals surface area contributed by atoms with Gasteiger partial charge < -0.3 is 5.32 Å². The molecule has 0 spiro atoms. The van der Waals surface area contributed by atoms with E-state index in [2.05, 4.69) is 23.1 Å². The molecule has 1 unspecified atom stereocenters. The van der Waals surface area contributed by atoms with Gasteiger partial charge in [0, 0.05) is 10.4 Å². The standard InChI is InChI=1S/C20H23N3O3S/c1-12-7-8-16-14(9-12)10-17(27-16)20(26)23-22-18(24)11-21-19(25)15-6-4-3-5-13(15)2/h3-6,10,12H,7-9,11H2,1-2H3,(H,21,25)(H,22,24)(H,23,26). The molecule has 1 aromatic heterocycles. The van der Waals surface area contributed by atoms with Crippen LogP contribution in [0, 0.1) is 12.8 Å². The van der Waals surface area contributed by atoms with E-state index in [0.717, 1.165) is 24.8 Å². The van der Waals surface area contributed by atoms with Crippen LogP contribution in [0.4, 0.5) is 0 Å². The number of carbonyl (C=O) groups excluding carboxylic acids is 3. The molecule has 0 aliphatic heterocycles. The van der Waals surface area contributed by atoms with Crippen LogP contribution in [0.15, 0.2) is 30.3 Å². The van der Waals surface area contributed by atoms with Crippen molar-refractivity contribution >= 4 is 29.1 Å². The van der Waals surface area contributed by atoms with Gasteiger partial charge in [0.05, 0.1) is 11.4 Å². The first-order valence-corrected chi connectivity index (χ1v) is 9.80. The largest absolute Gasteiger partial charge is 0.343 e. The Morgan fingerprint density at radius 3 is 2.70 bits per heavy atom. The van der Waals surface area contributed by atoms with Gasteiger partial charge in [-0.05, 0) is 55.4 Å². The third-order valence-electron chi connectivity index (χ3n) is 4.67. The number of benzene rings is 1. The van der Waals surface area contributed by atoms with E-state index in [9.17, 15) is 14.4 Å². The molecule has 2 aromatic rings. The number of fused-ring (bicyclic) bond motifs is 1. The lowest BCUT2D eigenvalue weighted by Crippen LogP contribution is -2.46.